The summed E-state index contributed by atoms with van der Waals surface area (Å²) < 4.78 is 0. The lowest BCUT2D eigenvalue weighted by atomic mass is 10.1. The second kappa shape index (κ2) is 8.36. The predicted octanol–water partition coefficient (Wildman–Crippen LogP) is 1.26. The molecule has 0 aliphatic heterocycles. The van der Waals surface area contributed by atoms with E-state index in [0.29, 0.717) is 30.5 Å². The monoisotopic (exact) mass is 275 g/mol. The summed E-state index contributed by atoms with van der Waals surface area (Å²) in [6.45, 7) is 2.21. The average molecular weight is 275 g/mol. The van der Waals surface area contributed by atoms with Crippen LogP contribution in [0.15, 0.2) is 24.3 Å². The van der Waals surface area contributed by atoms with Crippen molar-refractivity contribution in [3.63, 3.8) is 0 Å². The molecule has 1 rings (SSSR count). The standard InChI is InChI=1S/C16H21NO3/c1-13(19)10-11-17(2)16(20)15-9-4-3-7-14(15)8-5-6-12-18/h3-4,7,9,13,18-19H,6,10-12H2,1-2H3. The molecule has 0 aromatic heterocycles. The Labute approximate surface area is 120 Å². The average Bonchev–Trinajstić information content (AvgIpc) is 2.44. The van der Waals surface area contributed by atoms with Gasteiger partial charge in [-0.25, -0.2) is 0 Å². The van der Waals surface area contributed by atoms with E-state index in [-0.39, 0.29) is 12.5 Å². The minimum atomic E-state index is -0.426. The number of nitrogens with zero attached hydrogens (tertiary/aromatic N) is 1. The molecule has 1 aromatic carbocycles. The fourth-order valence-corrected chi connectivity index (χ4v) is 1.68. The summed E-state index contributed by atoms with van der Waals surface area (Å²) in [6.07, 6.45) is 0.505. The van der Waals surface area contributed by atoms with E-state index < -0.39 is 6.10 Å². The molecule has 0 saturated carbocycles. The van der Waals surface area contributed by atoms with Gasteiger partial charge in [0.1, 0.15) is 0 Å². The van der Waals surface area contributed by atoms with Gasteiger partial charge in [-0.3, -0.25) is 4.79 Å². The molecule has 0 radical (unpaired) electrons. The molecule has 4 nitrogen and oxygen atoms in total. The van der Waals surface area contributed by atoms with Gasteiger partial charge < -0.3 is 15.1 Å². The third kappa shape index (κ3) is 5.04. The van der Waals surface area contributed by atoms with Gasteiger partial charge in [-0.2, -0.15) is 0 Å². The van der Waals surface area contributed by atoms with E-state index in [1.54, 1.807) is 37.1 Å². The molecule has 0 fully saturated rings. The Morgan fingerprint density at radius 3 is 2.75 bits per heavy atom. The SMILES string of the molecule is CC(O)CCN(C)C(=O)c1ccccc1C#CCCO. The molecule has 0 aliphatic carbocycles. The summed E-state index contributed by atoms with van der Waals surface area (Å²) >= 11 is 0. The lowest BCUT2D eigenvalue weighted by molar-refractivity contribution is 0.0768. The van der Waals surface area contributed by atoms with Crippen molar-refractivity contribution in [1.29, 1.82) is 0 Å². The summed E-state index contributed by atoms with van der Waals surface area (Å²) in [7, 11) is 1.71. The minimum absolute atomic E-state index is 0.0113. The molecule has 0 saturated heterocycles. The smallest absolute Gasteiger partial charge is 0.254 e. The number of amides is 1. The lowest BCUT2D eigenvalue weighted by Gasteiger charge is -2.18. The molecule has 0 aliphatic rings. The van der Waals surface area contributed by atoms with E-state index in [1.165, 1.54) is 0 Å². The molecular formula is C16H21NO3. The third-order valence-corrected chi connectivity index (χ3v) is 2.85. The fraction of sp³-hybridized carbons (Fsp3) is 0.438. The molecule has 0 heterocycles. The zero-order valence-electron chi connectivity index (χ0n) is 12.0. The van der Waals surface area contributed by atoms with Gasteiger partial charge in [-0.15, -0.1) is 0 Å². The first kappa shape index (κ1) is 16.2. The Bertz CT molecular complexity index is 500. The fourth-order valence-electron chi connectivity index (χ4n) is 1.68. The van der Waals surface area contributed by atoms with Gasteiger partial charge >= 0.3 is 0 Å². The second-order valence-electron chi connectivity index (χ2n) is 4.69. The number of hydrogen-bond acceptors (Lipinski definition) is 3. The second-order valence-corrected chi connectivity index (χ2v) is 4.69. The first-order chi connectivity index (χ1) is 9.56. The van der Waals surface area contributed by atoms with Crippen LogP contribution in [0, 0.1) is 11.8 Å². The molecule has 1 unspecified atom stereocenters. The Balaban J connectivity index is 2.85. The van der Waals surface area contributed by atoms with Gasteiger partial charge in [0.2, 0.25) is 0 Å². The van der Waals surface area contributed by atoms with E-state index in [4.69, 9.17) is 5.11 Å². The zero-order chi connectivity index (χ0) is 15.0. The highest BCUT2D eigenvalue weighted by Gasteiger charge is 2.14. The van der Waals surface area contributed by atoms with Crippen molar-refractivity contribution in [2.75, 3.05) is 20.2 Å². The van der Waals surface area contributed by atoms with Gasteiger partial charge in [0.05, 0.1) is 18.3 Å². The van der Waals surface area contributed by atoms with Gasteiger partial charge in [-0.05, 0) is 25.5 Å². The molecule has 108 valence electrons. The van der Waals surface area contributed by atoms with E-state index in [1.807, 2.05) is 6.07 Å². The number of benzene rings is 1. The van der Waals surface area contributed by atoms with Gasteiger partial charge in [0.25, 0.3) is 5.91 Å². The van der Waals surface area contributed by atoms with Crippen molar-refractivity contribution in [1.82, 2.24) is 4.90 Å². The van der Waals surface area contributed by atoms with E-state index in [0.717, 1.165) is 0 Å². The number of rotatable bonds is 5. The number of aliphatic hydroxyl groups excluding tert-OH is 2. The molecule has 2 N–H and O–H groups in total. The van der Waals surface area contributed by atoms with Gasteiger partial charge in [0.15, 0.2) is 0 Å². The molecule has 1 aromatic rings. The number of hydrogen-bond donors (Lipinski definition) is 2. The molecule has 0 bridgehead atoms. The van der Waals surface area contributed by atoms with Crippen molar-refractivity contribution in [3.05, 3.63) is 35.4 Å². The Kier molecular flexibility index (Phi) is 6.78. The van der Waals surface area contributed by atoms with Crippen molar-refractivity contribution in [2.45, 2.75) is 25.9 Å². The van der Waals surface area contributed by atoms with Crippen LogP contribution in [0.3, 0.4) is 0 Å². The van der Waals surface area contributed by atoms with Crippen molar-refractivity contribution in [2.24, 2.45) is 0 Å². The van der Waals surface area contributed by atoms with E-state index in [9.17, 15) is 9.90 Å². The van der Waals surface area contributed by atoms with Crippen molar-refractivity contribution < 1.29 is 15.0 Å². The quantitative estimate of drug-likeness (QED) is 0.795. The van der Waals surface area contributed by atoms with E-state index >= 15 is 0 Å². The maximum Gasteiger partial charge on any atom is 0.254 e. The maximum atomic E-state index is 12.3. The Hall–Kier alpha value is -1.83. The molecule has 1 atom stereocenters. The molecule has 20 heavy (non-hydrogen) atoms. The van der Waals surface area contributed by atoms with Crippen LogP contribution < -0.4 is 0 Å². The summed E-state index contributed by atoms with van der Waals surface area (Å²) in [4.78, 5) is 13.9. The highest BCUT2D eigenvalue weighted by Crippen LogP contribution is 2.11. The highest BCUT2D eigenvalue weighted by atomic mass is 16.3. The summed E-state index contributed by atoms with van der Waals surface area (Å²) in [5.41, 5.74) is 1.21. The molecule has 0 spiro atoms. The maximum absolute atomic E-state index is 12.3. The first-order valence-electron chi connectivity index (χ1n) is 6.68. The number of carbonyl (C=O) groups is 1. The first-order valence-corrected chi connectivity index (χ1v) is 6.68. The molecular weight excluding hydrogens is 254 g/mol. The largest absolute Gasteiger partial charge is 0.395 e. The van der Waals surface area contributed by atoms with Crippen LogP contribution in [-0.2, 0) is 0 Å². The zero-order valence-corrected chi connectivity index (χ0v) is 12.0. The van der Waals surface area contributed by atoms with Crippen LogP contribution in [0.4, 0.5) is 0 Å². The molecule has 1 amide bonds. The van der Waals surface area contributed by atoms with Crippen molar-refractivity contribution in [3.8, 4) is 11.8 Å². The number of carbonyl (C=O) groups excluding carboxylic acids is 1. The Morgan fingerprint density at radius 1 is 1.40 bits per heavy atom. The van der Waals surface area contributed by atoms with Crippen LogP contribution in [0.2, 0.25) is 0 Å². The summed E-state index contributed by atoms with van der Waals surface area (Å²) in [5.74, 6) is 5.62. The minimum Gasteiger partial charge on any atom is -0.395 e. The normalized spacial score (nSPS) is 11.4. The third-order valence-electron chi connectivity index (χ3n) is 2.85. The van der Waals surface area contributed by atoms with E-state index in [2.05, 4.69) is 11.8 Å². The molecule has 4 heteroatoms. The van der Waals surface area contributed by atoms with Crippen LogP contribution in [0.25, 0.3) is 0 Å². The van der Waals surface area contributed by atoms with Crippen LogP contribution in [0.5, 0.6) is 0 Å². The van der Waals surface area contributed by atoms with Gasteiger partial charge in [0, 0.05) is 25.6 Å². The van der Waals surface area contributed by atoms with Gasteiger partial charge in [-0.1, -0.05) is 24.0 Å². The van der Waals surface area contributed by atoms with Crippen LogP contribution in [0.1, 0.15) is 35.7 Å². The highest BCUT2D eigenvalue weighted by molar-refractivity contribution is 5.96. The van der Waals surface area contributed by atoms with Crippen LogP contribution in [-0.4, -0.2) is 47.3 Å². The van der Waals surface area contributed by atoms with Crippen molar-refractivity contribution >= 4 is 5.91 Å². The predicted molar refractivity (Wildman–Crippen MR) is 78.3 cm³/mol. The summed E-state index contributed by atoms with van der Waals surface area (Å²) in [6, 6.07) is 7.16. The lowest BCUT2D eigenvalue weighted by Crippen LogP contribution is -2.30. The number of aliphatic hydroxyl groups is 2. The summed E-state index contributed by atoms with van der Waals surface area (Å²) in [5, 5.41) is 18.0. The topological polar surface area (TPSA) is 60.8 Å². The van der Waals surface area contributed by atoms with Crippen LogP contribution >= 0.6 is 0 Å². The Morgan fingerprint density at radius 2 is 2.10 bits per heavy atom.